The molecule has 1 aliphatic carbocycles. The van der Waals surface area contributed by atoms with Gasteiger partial charge in [0.05, 0.1) is 0 Å². The molecule has 0 aromatic heterocycles. The van der Waals surface area contributed by atoms with Gasteiger partial charge in [0.25, 0.3) is 0 Å². The van der Waals surface area contributed by atoms with Crippen LogP contribution in [0, 0.1) is 0 Å². The van der Waals surface area contributed by atoms with Gasteiger partial charge < -0.3 is 16.0 Å². The van der Waals surface area contributed by atoms with Gasteiger partial charge in [0, 0.05) is 12.6 Å². The molecular weight excluding hydrogens is 278 g/mol. The molecule has 0 aliphatic heterocycles. The Morgan fingerprint density at radius 1 is 1.18 bits per heavy atom. The zero-order valence-electron chi connectivity index (χ0n) is 13.1. The van der Waals surface area contributed by atoms with Gasteiger partial charge >= 0.3 is 6.03 Å². The van der Waals surface area contributed by atoms with Crippen molar-refractivity contribution in [2.24, 2.45) is 0 Å². The van der Waals surface area contributed by atoms with E-state index >= 15 is 0 Å². The van der Waals surface area contributed by atoms with E-state index in [4.69, 9.17) is 0 Å². The van der Waals surface area contributed by atoms with Crippen LogP contribution in [-0.2, 0) is 11.2 Å². The first-order valence-corrected chi connectivity index (χ1v) is 8.04. The smallest absolute Gasteiger partial charge is 0.315 e. The number of urea groups is 1. The predicted octanol–water partition coefficient (Wildman–Crippen LogP) is 1.98. The van der Waals surface area contributed by atoms with E-state index in [0.29, 0.717) is 6.54 Å². The van der Waals surface area contributed by atoms with E-state index in [1.807, 2.05) is 30.3 Å². The molecule has 2 rings (SSSR count). The minimum Gasteiger partial charge on any atom is -0.352 e. The van der Waals surface area contributed by atoms with Crippen molar-refractivity contribution in [1.82, 2.24) is 16.0 Å². The molecule has 22 heavy (non-hydrogen) atoms. The maximum Gasteiger partial charge on any atom is 0.315 e. The molecule has 120 valence electrons. The maximum atomic E-state index is 12.0. The van der Waals surface area contributed by atoms with Crippen molar-refractivity contribution in [3.05, 3.63) is 35.9 Å². The number of carbonyl (C=O) groups excluding carboxylic acids is 2. The van der Waals surface area contributed by atoms with Crippen LogP contribution in [0.25, 0.3) is 0 Å². The Hall–Kier alpha value is -2.04. The summed E-state index contributed by atoms with van der Waals surface area (Å²) in [6.07, 6.45) is 5.21. The van der Waals surface area contributed by atoms with Crippen LogP contribution < -0.4 is 16.0 Å². The fourth-order valence-electron chi connectivity index (χ4n) is 2.67. The number of carbonyl (C=O) groups is 2. The van der Waals surface area contributed by atoms with Crippen LogP contribution >= 0.6 is 0 Å². The van der Waals surface area contributed by atoms with Crippen molar-refractivity contribution in [1.29, 1.82) is 0 Å². The second-order valence-corrected chi connectivity index (χ2v) is 5.85. The zero-order chi connectivity index (χ0) is 15.8. The molecule has 5 heteroatoms. The van der Waals surface area contributed by atoms with Crippen LogP contribution in [0.2, 0.25) is 0 Å². The minimum absolute atomic E-state index is 0.106. The summed E-state index contributed by atoms with van der Waals surface area (Å²) in [5, 5.41) is 8.44. The summed E-state index contributed by atoms with van der Waals surface area (Å²) in [5.41, 5.74) is 1.18. The Bertz CT molecular complexity index is 484. The van der Waals surface area contributed by atoms with Gasteiger partial charge in [-0.3, -0.25) is 4.79 Å². The quantitative estimate of drug-likeness (QED) is 0.752. The van der Waals surface area contributed by atoms with Gasteiger partial charge in [0.1, 0.15) is 6.04 Å². The van der Waals surface area contributed by atoms with Gasteiger partial charge in [-0.2, -0.15) is 0 Å². The van der Waals surface area contributed by atoms with E-state index in [1.165, 1.54) is 18.4 Å². The SMILES string of the molecule is C[C@@H](NC(=O)NCCc1ccccc1)C(=O)NC1CCCC1. The molecule has 3 N–H and O–H groups in total. The molecule has 1 fully saturated rings. The second kappa shape index (κ2) is 8.41. The van der Waals surface area contributed by atoms with Crippen LogP contribution in [0.4, 0.5) is 4.79 Å². The normalized spacial score (nSPS) is 16.0. The molecule has 0 saturated heterocycles. The van der Waals surface area contributed by atoms with Crippen molar-refractivity contribution in [2.45, 2.75) is 51.1 Å². The number of amides is 3. The first kappa shape index (κ1) is 16.3. The fourth-order valence-corrected chi connectivity index (χ4v) is 2.67. The number of rotatable bonds is 6. The molecule has 5 nitrogen and oxygen atoms in total. The fraction of sp³-hybridized carbons (Fsp3) is 0.529. The topological polar surface area (TPSA) is 70.2 Å². The average Bonchev–Trinajstić information content (AvgIpc) is 3.01. The Kier molecular flexibility index (Phi) is 6.25. The highest BCUT2D eigenvalue weighted by Crippen LogP contribution is 2.17. The third-order valence-corrected chi connectivity index (χ3v) is 3.98. The van der Waals surface area contributed by atoms with Gasteiger partial charge in [0.15, 0.2) is 0 Å². The van der Waals surface area contributed by atoms with E-state index in [9.17, 15) is 9.59 Å². The summed E-state index contributed by atoms with van der Waals surface area (Å²) >= 11 is 0. The van der Waals surface area contributed by atoms with E-state index in [2.05, 4.69) is 16.0 Å². The Morgan fingerprint density at radius 3 is 2.55 bits per heavy atom. The first-order valence-electron chi connectivity index (χ1n) is 8.04. The van der Waals surface area contributed by atoms with Crippen LogP contribution in [0.5, 0.6) is 0 Å². The van der Waals surface area contributed by atoms with Crippen molar-refractivity contribution >= 4 is 11.9 Å². The van der Waals surface area contributed by atoms with Gasteiger partial charge in [-0.25, -0.2) is 4.79 Å². The predicted molar refractivity (Wildman–Crippen MR) is 86.5 cm³/mol. The number of nitrogens with one attached hydrogen (secondary N) is 3. The lowest BCUT2D eigenvalue weighted by Gasteiger charge is -2.18. The highest BCUT2D eigenvalue weighted by atomic mass is 16.2. The molecule has 1 aromatic rings. The third kappa shape index (κ3) is 5.39. The lowest BCUT2D eigenvalue weighted by molar-refractivity contribution is -0.123. The summed E-state index contributed by atoms with van der Waals surface area (Å²) in [5.74, 6) is -0.106. The molecule has 0 unspecified atom stereocenters. The summed E-state index contributed by atoms with van der Waals surface area (Å²) in [6, 6.07) is 9.43. The number of hydrogen-bond acceptors (Lipinski definition) is 2. The number of benzene rings is 1. The van der Waals surface area contributed by atoms with E-state index in [1.54, 1.807) is 6.92 Å². The van der Waals surface area contributed by atoms with Gasteiger partial charge in [-0.15, -0.1) is 0 Å². The zero-order valence-corrected chi connectivity index (χ0v) is 13.1. The van der Waals surface area contributed by atoms with Crippen molar-refractivity contribution in [3.8, 4) is 0 Å². The lowest BCUT2D eigenvalue weighted by Crippen LogP contribution is -2.50. The van der Waals surface area contributed by atoms with E-state index in [-0.39, 0.29) is 18.0 Å². The molecule has 3 amide bonds. The largest absolute Gasteiger partial charge is 0.352 e. The second-order valence-electron chi connectivity index (χ2n) is 5.85. The van der Waals surface area contributed by atoms with Crippen LogP contribution in [-0.4, -0.2) is 30.6 Å². The maximum absolute atomic E-state index is 12.0. The lowest BCUT2D eigenvalue weighted by atomic mass is 10.1. The molecule has 0 radical (unpaired) electrons. The van der Waals surface area contributed by atoms with Crippen LogP contribution in [0.1, 0.15) is 38.2 Å². The minimum atomic E-state index is -0.516. The Balaban J connectivity index is 1.64. The van der Waals surface area contributed by atoms with E-state index < -0.39 is 6.04 Å². The Morgan fingerprint density at radius 2 is 1.86 bits per heavy atom. The standard InChI is InChI=1S/C17H25N3O2/c1-13(16(21)20-15-9-5-6-10-15)19-17(22)18-12-11-14-7-3-2-4-8-14/h2-4,7-8,13,15H,5-6,9-12H2,1H3,(H,20,21)(H2,18,19,22)/t13-/m1/s1. The molecule has 1 aliphatic rings. The van der Waals surface area contributed by atoms with Gasteiger partial charge in [0.2, 0.25) is 5.91 Å². The molecule has 1 aromatic carbocycles. The molecule has 1 saturated carbocycles. The van der Waals surface area contributed by atoms with Crippen LogP contribution in [0.3, 0.4) is 0 Å². The van der Waals surface area contributed by atoms with Crippen LogP contribution in [0.15, 0.2) is 30.3 Å². The van der Waals surface area contributed by atoms with Crippen molar-refractivity contribution in [2.75, 3.05) is 6.54 Å². The summed E-state index contributed by atoms with van der Waals surface area (Å²) in [6.45, 7) is 2.26. The van der Waals surface area contributed by atoms with Gasteiger partial charge in [-0.05, 0) is 31.7 Å². The highest BCUT2D eigenvalue weighted by molar-refractivity contribution is 5.86. The molecule has 0 spiro atoms. The molecule has 0 bridgehead atoms. The highest BCUT2D eigenvalue weighted by Gasteiger charge is 2.21. The number of hydrogen-bond donors (Lipinski definition) is 3. The van der Waals surface area contributed by atoms with Gasteiger partial charge in [-0.1, -0.05) is 43.2 Å². The van der Waals surface area contributed by atoms with Crippen molar-refractivity contribution in [3.63, 3.8) is 0 Å². The molecular formula is C17H25N3O2. The molecule has 0 heterocycles. The Labute approximate surface area is 131 Å². The summed E-state index contributed by atoms with van der Waals surface area (Å²) in [7, 11) is 0. The monoisotopic (exact) mass is 303 g/mol. The van der Waals surface area contributed by atoms with E-state index in [0.717, 1.165) is 19.3 Å². The summed E-state index contributed by atoms with van der Waals surface area (Å²) in [4.78, 5) is 23.8. The van der Waals surface area contributed by atoms with Crippen molar-refractivity contribution < 1.29 is 9.59 Å². The third-order valence-electron chi connectivity index (χ3n) is 3.98. The average molecular weight is 303 g/mol. The first-order chi connectivity index (χ1) is 10.6. The summed E-state index contributed by atoms with van der Waals surface area (Å²) < 4.78 is 0. The molecule has 1 atom stereocenters.